The second kappa shape index (κ2) is 8.27. The van der Waals surface area contributed by atoms with E-state index in [1.54, 1.807) is 0 Å². The Morgan fingerprint density at radius 3 is 2.68 bits per heavy atom. The average Bonchev–Trinajstić information content (AvgIpc) is 3.15. The molecule has 0 aliphatic heterocycles. The molecule has 0 fully saturated rings. The summed E-state index contributed by atoms with van der Waals surface area (Å²) < 4.78 is 5.81. The number of aromatic amines is 1. The number of H-pyrrole nitrogens is 1. The molecule has 28 heavy (non-hydrogen) atoms. The summed E-state index contributed by atoms with van der Waals surface area (Å²) in [4.78, 5) is 15.5. The number of amides is 1. The Hall–Kier alpha value is -3.79. The van der Waals surface area contributed by atoms with Crippen LogP contribution in [0, 0.1) is 0 Å². The number of anilines is 1. The molecular formula is C24H20N2O2. The van der Waals surface area contributed by atoms with Crippen LogP contribution in [-0.4, -0.2) is 10.9 Å². The van der Waals surface area contributed by atoms with Crippen molar-refractivity contribution in [2.24, 2.45) is 0 Å². The number of ether oxygens (including phenoxy) is 1. The van der Waals surface area contributed by atoms with E-state index in [1.807, 2.05) is 91.1 Å². The summed E-state index contributed by atoms with van der Waals surface area (Å²) >= 11 is 0. The number of aromatic nitrogens is 1. The van der Waals surface area contributed by atoms with Gasteiger partial charge in [-0.05, 0) is 35.4 Å². The quantitative estimate of drug-likeness (QED) is 0.448. The molecule has 1 amide bonds. The first-order valence-electron chi connectivity index (χ1n) is 9.10. The molecule has 138 valence electrons. The fraction of sp³-hybridized carbons (Fsp3) is 0.0417. The molecule has 3 aromatic carbocycles. The average molecular weight is 368 g/mol. The third kappa shape index (κ3) is 4.30. The highest BCUT2D eigenvalue weighted by molar-refractivity contribution is 6.03. The zero-order valence-electron chi connectivity index (χ0n) is 15.3. The number of fused-ring (bicyclic) bond motifs is 1. The number of para-hydroxylation sites is 1. The lowest BCUT2D eigenvalue weighted by atomic mass is 10.1. The highest BCUT2D eigenvalue weighted by Gasteiger charge is 2.03. The maximum absolute atomic E-state index is 12.3. The largest absolute Gasteiger partial charge is 0.489 e. The van der Waals surface area contributed by atoms with E-state index >= 15 is 0 Å². The van der Waals surface area contributed by atoms with E-state index in [4.69, 9.17) is 4.74 Å². The van der Waals surface area contributed by atoms with E-state index in [9.17, 15) is 4.79 Å². The third-order valence-corrected chi connectivity index (χ3v) is 4.39. The molecule has 4 nitrogen and oxygen atoms in total. The van der Waals surface area contributed by atoms with E-state index in [0.29, 0.717) is 18.0 Å². The van der Waals surface area contributed by atoms with Crippen molar-refractivity contribution in [1.29, 1.82) is 0 Å². The molecule has 0 spiro atoms. The Morgan fingerprint density at radius 2 is 1.79 bits per heavy atom. The Bertz CT molecular complexity index is 1110. The summed E-state index contributed by atoms with van der Waals surface area (Å²) in [6.45, 7) is 0.485. The number of benzene rings is 3. The summed E-state index contributed by atoms with van der Waals surface area (Å²) in [7, 11) is 0. The molecule has 0 aliphatic rings. The first kappa shape index (κ1) is 17.6. The molecular weight excluding hydrogens is 348 g/mol. The van der Waals surface area contributed by atoms with Gasteiger partial charge in [-0.3, -0.25) is 4.79 Å². The van der Waals surface area contributed by atoms with Gasteiger partial charge in [0.2, 0.25) is 5.91 Å². The fourth-order valence-electron chi connectivity index (χ4n) is 2.99. The van der Waals surface area contributed by atoms with E-state index in [1.165, 1.54) is 6.08 Å². The number of hydrogen-bond acceptors (Lipinski definition) is 2. The number of rotatable bonds is 6. The van der Waals surface area contributed by atoms with E-state index in [0.717, 1.165) is 22.0 Å². The van der Waals surface area contributed by atoms with Crippen molar-refractivity contribution in [2.45, 2.75) is 6.61 Å². The molecule has 0 atom stereocenters. The van der Waals surface area contributed by atoms with Gasteiger partial charge < -0.3 is 15.0 Å². The van der Waals surface area contributed by atoms with Crippen LogP contribution in [0.2, 0.25) is 0 Å². The Morgan fingerprint density at radius 1 is 0.964 bits per heavy atom. The van der Waals surface area contributed by atoms with Crippen molar-refractivity contribution in [3.05, 3.63) is 102 Å². The summed E-state index contributed by atoms with van der Waals surface area (Å²) in [6.07, 6.45) is 5.24. The summed E-state index contributed by atoms with van der Waals surface area (Å²) in [5, 5.41) is 3.96. The van der Waals surface area contributed by atoms with Crippen molar-refractivity contribution in [1.82, 2.24) is 4.98 Å². The predicted molar refractivity (Wildman–Crippen MR) is 113 cm³/mol. The molecule has 4 aromatic rings. The van der Waals surface area contributed by atoms with Crippen LogP contribution in [0.25, 0.3) is 17.0 Å². The zero-order valence-corrected chi connectivity index (χ0v) is 15.3. The second-order valence-electron chi connectivity index (χ2n) is 6.41. The Balaban J connectivity index is 1.39. The van der Waals surface area contributed by atoms with Crippen molar-refractivity contribution >= 4 is 28.6 Å². The second-order valence-corrected chi connectivity index (χ2v) is 6.41. The zero-order chi connectivity index (χ0) is 19.2. The Labute approximate surface area is 163 Å². The summed E-state index contributed by atoms with van der Waals surface area (Å²) in [5.74, 6) is 0.521. The standard InChI is InChI=1S/C24H20N2O2/c27-24(14-13-19-16-25-23-12-5-4-11-22(19)23)26-20-9-6-10-21(15-20)28-17-18-7-2-1-3-8-18/h1-16,25H,17H2,(H,26,27)/b14-13+. The smallest absolute Gasteiger partial charge is 0.248 e. The van der Waals surface area contributed by atoms with Crippen LogP contribution in [0.4, 0.5) is 5.69 Å². The van der Waals surface area contributed by atoms with Crippen LogP contribution in [0.1, 0.15) is 11.1 Å². The molecule has 1 heterocycles. The van der Waals surface area contributed by atoms with E-state index in [-0.39, 0.29) is 5.91 Å². The van der Waals surface area contributed by atoms with Gasteiger partial charge in [-0.2, -0.15) is 0 Å². The number of nitrogens with one attached hydrogen (secondary N) is 2. The van der Waals surface area contributed by atoms with Gasteiger partial charge in [0.15, 0.2) is 0 Å². The number of carbonyl (C=O) groups is 1. The van der Waals surface area contributed by atoms with Gasteiger partial charge in [0, 0.05) is 34.9 Å². The van der Waals surface area contributed by atoms with Crippen molar-refractivity contribution < 1.29 is 9.53 Å². The van der Waals surface area contributed by atoms with Gasteiger partial charge in [0.1, 0.15) is 12.4 Å². The highest BCUT2D eigenvalue weighted by atomic mass is 16.5. The molecule has 0 saturated carbocycles. The van der Waals surface area contributed by atoms with Crippen molar-refractivity contribution in [3.63, 3.8) is 0 Å². The predicted octanol–water partition coefficient (Wildman–Crippen LogP) is 5.40. The van der Waals surface area contributed by atoms with Gasteiger partial charge >= 0.3 is 0 Å². The maximum atomic E-state index is 12.3. The number of hydrogen-bond donors (Lipinski definition) is 2. The molecule has 0 radical (unpaired) electrons. The maximum Gasteiger partial charge on any atom is 0.248 e. The topological polar surface area (TPSA) is 54.1 Å². The normalized spacial score (nSPS) is 11.0. The van der Waals surface area contributed by atoms with Crippen molar-refractivity contribution in [2.75, 3.05) is 5.32 Å². The van der Waals surface area contributed by atoms with Crippen LogP contribution in [0.3, 0.4) is 0 Å². The van der Waals surface area contributed by atoms with Gasteiger partial charge in [0.05, 0.1) is 0 Å². The van der Waals surface area contributed by atoms with E-state index in [2.05, 4.69) is 10.3 Å². The first-order chi connectivity index (χ1) is 13.8. The van der Waals surface area contributed by atoms with Crippen LogP contribution < -0.4 is 10.1 Å². The van der Waals surface area contributed by atoms with Crippen molar-refractivity contribution in [3.8, 4) is 5.75 Å². The van der Waals surface area contributed by atoms with Gasteiger partial charge in [0.25, 0.3) is 0 Å². The SMILES string of the molecule is O=C(/C=C/c1c[nH]c2ccccc12)Nc1cccc(OCc2ccccc2)c1. The van der Waals surface area contributed by atoms with Crippen LogP contribution in [0.5, 0.6) is 5.75 Å². The minimum atomic E-state index is -0.189. The molecule has 0 unspecified atom stereocenters. The molecule has 2 N–H and O–H groups in total. The van der Waals surface area contributed by atoms with E-state index < -0.39 is 0 Å². The van der Waals surface area contributed by atoms with Crippen LogP contribution in [-0.2, 0) is 11.4 Å². The lowest BCUT2D eigenvalue weighted by molar-refractivity contribution is -0.111. The Kier molecular flexibility index (Phi) is 5.20. The van der Waals surface area contributed by atoms with Gasteiger partial charge in [-0.15, -0.1) is 0 Å². The molecule has 1 aromatic heterocycles. The minimum Gasteiger partial charge on any atom is -0.489 e. The van der Waals surface area contributed by atoms with Gasteiger partial charge in [-0.1, -0.05) is 54.6 Å². The first-order valence-corrected chi connectivity index (χ1v) is 9.10. The molecule has 4 rings (SSSR count). The minimum absolute atomic E-state index is 0.189. The lowest BCUT2D eigenvalue weighted by Crippen LogP contribution is -2.07. The third-order valence-electron chi connectivity index (χ3n) is 4.39. The van der Waals surface area contributed by atoms with Crippen LogP contribution in [0.15, 0.2) is 91.1 Å². The monoisotopic (exact) mass is 368 g/mol. The molecule has 0 aliphatic carbocycles. The molecule has 0 saturated heterocycles. The summed E-state index contributed by atoms with van der Waals surface area (Å²) in [6, 6.07) is 25.4. The molecule has 4 heteroatoms. The summed E-state index contributed by atoms with van der Waals surface area (Å²) in [5.41, 5.74) is 3.81. The van der Waals surface area contributed by atoms with Crippen LogP contribution >= 0.6 is 0 Å². The molecule has 0 bridgehead atoms. The van der Waals surface area contributed by atoms with Gasteiger partial charge in [-0.25, -0.2) is 0 Å². The highest BCUT2D eigenvalue weighted by Crippen LogP contribution is 2.20. The lowest BCUT2D eigenvalue weighted by Gasteiger charge is -2.08. The fourth-order valence-corrected chi connectivity index (χ4v) is 2.99. The number of carbonyl (C=O) groups excluding carboxylic acids is 1.